The molecule has 1 fully saturated rings. The van der Waals surface area contributed by atoms with E-state index in [9.17, 15) is 9.59 Å². The minimum atomic E-state index is -0.177. The summed E-state index contributed by atoms with van der Waals surface area (Å²) in [4.78, 5) is 29.8. The first-order valence-electron chi connectivity index (χ1n) is 7.54. The molecule has 1 aromatic heterocycles. The van der Waals surface area contributed by atoms with E-state index in [2.05, 4.69) is 4.98 Å². The number of esters is 1. The number of aryl methyl sites for hydroxylation is 1. The average molecular weight is 290 g/mol. The van der Waals surface area contributed by atoms with E-state index >= 15 is 0 Å². The van der Waals surface area contributed by atoms with Gasteiger partial charge in [-0.05, 0) is 43.9 Å². The number of carbonyl (C=O) groups is 2. The first-order chi connectivity index (χ1) is 10.2. The van der Waals surface area contributed by atoms with Crippen molar-refractivity contribution in [3.63, 3.8) is 0 Å². The topological polar surface area (TPSA) is 59.5 Å². The van der Waals surface area contributed by atoms with E-state index in [0.717, 1.165) is 24.9 Å². The number of piperidine rings is 1. The number of likely N-dealkylation sites (tertiary alicyclic amines) is 1. The molecule has 0 saturated carbocycles. The Labute approximate surface area is 125 Å². The predicted octanol–water partition coefficient (Wildman–Crippen LogP) is 1.82. The van der Waals surface area contributed by atoms with Gasteiger partial charge in [-0.3, -0.25) is 14.6 Å². The Morgan fingerprint density at radius 3 is 2.86 bits per heavy atom. The minimum Gasteiger partial charge on any atom is -0.466 e. The molecule has 2 rings (SSSR count). The number of nitrogens with zero attached hydrogens (tertiary/aromatic N) is 2. The normalized spacial score (nSPS) is 18.3. The highest BCUT2D eigenvalue weighted by Crippen LogP contribution is 2.19. The maximum atomic E-state index is 12.3. The van der Waals surface area contributed by atoms with Gasteiger partial charge in [0, 0.05) is 31.9 Å². The zero-order chi connectivity index (χ0) is 15.1. The summed E-state index contributed by atoms with van der Waals surface area (Å²) in [6.07, 6.45) is 6.33. The maximum Gasteiger partial charge on any atom is 0.310 e. The van der Waals surface area contributed by atoms with Crippen LogP contribution in [0.2, 0.25) is 0 Å². The summed E-state index contributed by atoms with van der Waals surface area (Å²) in [5.74, 6) is -0.228. The highest BCUT2D eigenvalue weighted by Gasteiger charge is 2.28. The number of amides is 1. The average Bonchev–Trinajstić information content (AvgIpc) is 2.54. The molecule has 0 bridgehead atoms. The van der Waals surface area contributed by atoms with Crippen molar-refractivity contribution in [2.45, 2.75) is 32.6 Å². The smallest absolute Gasteiger partial charge is 0.310 e. The van der Waals surface area contributed by atoms with Crippen LogP contribution in [0.3, 0.4) is 0 Å². The molecule has 114 valence electrons. The second-order valence-corrected chi connectivity index (χ2v) is 5.29. The van der Waals surface area contributed by atoms with Gasteiger partial charge >= 0.3 is 5.97 Å². The van der Waals surface area contributed by atoms with Crippen LogP contribution < -0.4 is 0 Å². The second-order valence-electron chi connectivity index (χ2n) is 5.29. The highest BCUT2D eigenvalue weighted by molar-refractivity contribution is 5.78. The third-order valence-electron chi connectivity index (χ3n) is 3.77. The molecule has 2 heterocycles. The Bertz CT molecular complexity index is 476. The number of rotatable bonds is 5. The van der Waals surface area contributed by atoms with Crippen molar-refractivity contribution in [3.05, 3.63) is 30.1 Å². The van der Waals surface area contributed by atoms with Crippen molar-refractivity contribution in [3.8, 4) is 0 Å². The van der Waals surface area contributed by atoms with Gasteiger partial charge in [-0.2, -0.15) is 0 Å². The zero-order valence-corrected chi connectivity index (χ0v) is 12.5. The van der Waals surface area contributed by atoms with Gasteiger partial charge in [-0.1, -0.05) is 0 Å². The van der Waals surface area contributed by atoms with E-state index in [-0.39, 0.29) is 17.8 Å². The van der Waals surface area contributed by atoms with E-state index < -0.39 is 0 Å². The van der Waals surface area contributed by atoms with Crippen LogP contribution in [-0.2, 0) is 20.7 Å². The van der Waals surface area contributed by atoms with Crippen molar-refractivity contribution in [1.82, 2.24) is 9.88 Å². The molecule has 1 aromatic rings. The van der Waals surface area contributed by atoms with Crippen LogP contribution >= 0.6 is 0 Å². The van der Waals surface area contributed by atoms with Crippen LogP contribution in [0, 0.1) is 5.92 Å². The summed E-state index contributed by atoms with van der Waals surface area (Å²) in [6.45, 7) is 3.43. The van der Waals surface area contributed by atoms with Gasteiger partial charge < -0.3 is 9.64 Å². The van der Waals surface area contributed by atoms with Crippen molar-refractivity contribution in [1.29, 1.82) is 0 Å². The molecule has 0 unspecified atom stereocenters. The first-order valence-corrected chi connectivity index (χ1v) is 7.54. The van der Waals surface area contributed by atoms with E-state index in [1.807, 2.05) is 12.1 Å². The molecule has 0 aliphatic carbocycles. The van der Waals surface area contributed by atoms with Gasteiger partial charge in [0.25, 0.3) is 0 Å². The quantitative estimate of drug-likeness (QED) is 0.776. The van der Waals surface area contributed by atoms with E-state index in [1.165, 1.54) is 0 Å². The molecule has 0 N–H and O–H groups in total. The molecule has 1 atom stereocenters. The van der Waals surface area contributed by atoms with E-state index in [1.54, 1.807) is 24.2 Å². The molecule has 5 nitrogen and oxygen atoms in total. The number of hydrogen-bond donors (Lipinski definition) is 0. The molecule has 1 saturated heterocycles. The van der Waals surface area contributed by atoms with Crippen LogP contribution in [0.5, 0.6) is 0 Å². The van der Waals surface area contributed by atoms with Crippen LogP contribution in [0.1, 0.15) is 31.7 Å². The van der Waals surface area contributed by atoms with Crippen LogP contribution in [0.15, 0.2) is 24.5 Å². The fourth-order valence-electron chi connectivity index (χ4n) is 2.62. The zero-order valence-electron chi connectivity index (χ0n) is 12.5. The van der Waals surface area contributed by atoms with Crippen molar-refractivity contribution < 1.29 is 14.3 Å². The van der Waals surface area contributed by atoms with Gasteiger partial charge in [0.1, 0.15) is 0 Å². The molecule has 1 aliphatic rings. The van der Waals surface area contributed by atoms with Crippen molar-refractivity contribution >= 4 is 11.9 Å². The Kier molecular flexibility index (Phi) is 5.72. The molecule has 21 heavy (non-hydrogen) atoms. The summed E-state index contributed by atoms with van der Waals surface area (Å²) >= 11 is 0. The Balaban J connectivity index is 1.83. The fraction of sp³-hybridized carbons (Fsp3) is 0.562. The third kappa shape index (κ3) is 4.55. The lowest BCUT2D eigenvalue weighted by atomic mass is 9.97. The molecule has 1 amide bonds. The summed E-state index contributed by atoms with van der Waals surface area (Å²) in [6, 6.07) is 3.84. The number of carbonyl (C=O) groups excluding carboxylic acids is 2. The standard InChI is InChI=1S/C16H22N2O3/c1-2-21-16(20)14-4-3-11-18(12-14)15(19)6-5-13-7-9-17-10-8-13/h7-10,14H,2-6,11-12H2,1H3/t14-/m1/s1. The largest absolute Gasteiger partial charge is 0.466 e. The van der Waals surface area contributed by atoms with Crippen LogP contribution in [0.25, 0.3) is 0 Å². The lowest BCUT2D eigenvalue weighted by Crippen LogP contribution is -2.42. The number of pyridine rings is 1. The molecule has 0 spiro atoms. The minimum absolute atomic E-state index is 0.112. The Morgan fingerprint density at radius 2 is 2.14 bits per heavy atom. The summed E-state index contributed by atoms with van der Waals surface area (Å²) < 4.78 is 5.05. The number of hydrogen-bond acceptors (Lipinski definition) is 4. The molecule has 1 aliphatic heterocycles. The summed E-state index contributed by atoms with van der Waals surface area (Å²) in [5, 5.41) is 0. The van der Waals surface area contributed by atoms with Gasteiger partial charge in [0.15, 0.2) is 0 Å². The SMILES string of the molecule is CCOC(=O)[C@@H]1CCCN(C(=O)CCc2ccncc2)C1. The summed E-state index contributed by atoms with van der Waals surface area (Å²) in [7, 11) is 0. The molecule has 5 heteroatoms. The molecule has 0 aromatic carbocycles. The summed E-state index contributed by atoms with van der Waals surface area (Å²) in [5.41, 5.74) is 1.11. The molecule has 0 radical (unpaired) electrons. The maximum absolute atomic E-state index is 12.3. The van der Waals surface area contributed by atoms with Crippen molar-refractivity contribution in [2.75, 3.05) is 19.7 Å². The highest BCUT2D eigenvalue weighted by atomic mass is 16.5. The predicted molar refractivity (Wildman–Crippen MR) is 78.5 cm³/mol. The van der Waals surface area contributed by atoms with Crippen LogP contribution in [-0.4, -0.2) is 41.5 Å². The lowest BCUT2D eigenvalue weighted by molar-refractivity contribution is -0.151. The Morgan fingerprint density at radius 1 is 1.38 bits per heavy atom. The molecular formula is C16H22N2O3. The molecular weight excluding hydrogens is 268 g/mol. The van der Waals surface area contributed by atoms with Gasteiger partial charge in [0.2, 0.25) is 5.91 Å². The van der Waals surface area contributed by atoms with Crippen LogP contribution in [0.4, 0.5) is 0 Å². The monoisotopic (exact) mass is 290 g/mol. The fourth-order valence-corrected chi connectivity index (χ4v) is 2.62. The van der Waals surface area contributed by atoms with Gasteiger partial charge in [0.05, 0.1) is 12.5 Å². The Hall–Kier alpha value is -1.91. The van der Waals surface area contributed by atoms with Gasteiger partial charge in [-0.15, -0.1) is 0 Å². The lowest BCUT2D eigenvalue weighted by Gasteiger charge is -2.31. The third-order valence-corrected chi connectivity index (χ3v) is 3.77. The van der Waals surface area contributed by atoms with Crippen molar-refractivity contribution in [2.24, 2.45) is 5.92 Å². The number of aromatic nitrogens is 1. The van der Waals surface area contributed by atoms with E-state index in [0.29, 0.717) is 26.0 Å². The number of ether oxygens (including phenoxy) is 1. The van der Waals surface area contributed by atoms with Gasteiger partial charge in [-0.25, -0.2) is 0 Å². The van der Waals surface area contributed by atoms with E-state index in [4.69, 9.17) is 4.74 Å². The first kappa shape index (κ1) is 15.5. The second kappa shape index (κ2) is 7.76.